The van der Waals surface area contributed by atoms with Gasteiger partial charge in [-0.1, -0.05) is 146 Å². The molecule has 0 aliphatic carbocycles. The molecule has 0 saturated heterocycles. The fraction of sp³-hybridized carbons (Fsp3) is 0. The van der Waals surface area contributed by atoms with Crippen LogP contribution in [0, 0.1) is 0 Å². The highest BCUT2D eigenvalue weighted by Gasteiger charge is 2.20. The van der Waals surface area contributed by atoms with Gasteiger partial charge >= 0.3 is 0 Å². The molecule has 0 aliphatic rings. The van der Waals surface area contributed by atoms with Gasteiger partial charge in [-0.2, -0.15) is 0 Å². The van der Waals surface area contributed by atoms with Gasteiger partial charge in [-0.25, -0.2) is 4.99 Å². The van der Waals surface area contributed by atoms with E-state index in [1.165, 1.54) is 32.6 Å². The molecule has 0 radical (unpaired) electrons. The smallest absolute Gasteiger partial charge is 0.138 e. The predicted octanol–water partition coefficient (Wildman–Crippen LogP) is 12.2. The molecule has 0 spiro atoms. The van der Waals surface area contributed by atoms with Crippen LogP contribution in [-0.2, 0) is 0 Å². The molecule has 3 heteroatoms. The molecule has 50 heavy (non-hydrogen) atoms. The van der Waals surface area contributed by atoms with Gasteiger partial charge in [-0.05, 0) is 59.7 Å². The van der Waals surface area contributed by atoms with E-state index in [1.54, 1.807) is 0 Å². The highest BCUT2D eigenvalue weighted by molar-refractivity contribution is 6.17. The standard InChI is InChI=1S/C47H33N3/c1-2-42(34-19-8-4-9-20-34)48-46(31-33-17-6-3-7-18-33)50-44-28-15-12-23-38(44)40-26-16-25-37(47(40)50)35-29-30-45-41(32-35)39-24-13-14-27-43(39)49(45)36-21-10-5-11-22-36/h2-32H,1H2/b46-31+,48-42?. The molecular formula is C47H33N3. The van der Waals surface area contributed by atoms with Crippen molar-refractivity contribution in [3.05, 3.63) is 200 Å². The molecule has 9 rings (SSSR count). The van der Waals surface area contributed by atoms with Crippen molar-refractivity contribution in [2.75, 3.05) is 0 Å². The van der Waals surface area contributed by atoms with Crippen LogP contribution in [0.25, 0.3) is 72.3 Å². The summed E-state index contributed by atoms with van der Waals surface area (Å²) in [6.45, 7) is 4.18. The van der Waals surface area contributed by atoms with E-state index in [-0.39, 0.29) is 0 Å². The number of rotatable bonds is 7. The lowest BCUT2D eigenvalue weighted by Gasteiger charge is -2.14. The minimum Gasteiger partial charge on any atom is -0.309 e. The number of para-hydroxylation sites is 4. The highest BCUT2D eigenvalue weighted by atomic mass is 15.1. The molecule has 0 N–H and O–H groups in total. The van der Waals surface area contributed by atoms with Crippen LogP contribution in [0.4, 0.5) is 0 Å². The van der Waals surface area contributed by atoms with Gasteiger partial charge in [0.05, 0.1) is 27.8 Å². The number of hydrogen-bond donors (Lipinski definition) is 0. The molecule has 0 aliphatic heterocycles. The van der Waals surface area contributed by atoms with Crippen molar-refractivity contribution >= 4 is 61.2 Å². The SMILES string of the molecule is C=CC(=N/C(=C\c1ccccc1)n1c2ccccc2c2cccc(-c3ccc4c(c3)c3ccccc3n4-c3ccccc3)c21)c1ccccc1. The van der Waals surface area contributed by atoms with Crippen molar-refractivity contribution in [2.24, 2.45) is 4.99 Å². The number of allylic oxidation sites excluding steroid dienone is 1. The summed E-state index contributed by atoms with van der Waals surface area (Å²) in [4.78, 5) is 5.38. The second-order valence-electron chi connectivity index (χ2n) is 12.5. The van der Waals surface area contributed by atoms with Crippen molar-refractivity contribution in [3.63, 3.8) is 0 Å². The van der Waals surface area contributed by atoms with E-state index in [1.807, 2.05) is 30.3 Å². The van der Waals surface area contributed by atoms with Gasteiger partial charge in [0.2, 0.25) is 0 Å². The Hall–Kier alpha value is -6.71. The minimum atomic E-state index is 0.811. The average molecular weight is 640 g/mol. The lowest BCUT2D eigenvalue weighted by Crippen LogP contribution is -2.02. The lowest BCUT2D eigenvalue weighted by molar-refractivity contribution is 1.18. The van der Waals surface area contributed by atoms with Crippen molar-refractivity contribution in [2.45, 2.75) is 0 Å². The fourth-order valence-corrected chi connectivity index (χ4v) is 7.29. The molecule has 2 aromatic heterocycles. The van der Waals surface area contributed by atoms with E-state index in [2.05, 4.69) is 173 Å². The summed E-state index contributed by atoms with van der Waals surface area (Å²) in [5.74, 6) is 0.815. The summed E-state index contributed by atoms with van der Waals surface area (Å²) >= 11 is 0. The summed E-state index contributed by atoms with van der Waals surface area (Å²) in [6.07, 6.45) is 4.02. The Morgan fingerprint density at radius 2 is 1.12 bits per heavy atom. The Labute approximate surface area is 291 Å². The van der Waals surface area contributed by atoms with Crippen LogP contribution in [0.5, 0.6) is 0 Å². The molecule has 3 nitrogen and oxygen atoms in total. The van der Waals surface area contributed by atoms with Gasteiger partial charge in [-0.15, -0.1) is 0 Å². The van der Waals surface area contributed by atoms with Gasteiger partial charge in [0.15, 0.2) is 0 Å². The highest BCUT2D eigenvalue weighted by Crippen LogP contribution is 2.41. The Morgan fingerprint density at radius 1 is 0.520 bits per heavy atom. The zero-order valence-electron chi connectivity index (χ0n) is 27.4. The summed E-state index contributed by atoms with van der Waals surface area (Å²) < 4.78 is 4.69. The van der Waals surface area contributed by atoms with Gasteiger partial charge < -0.3 is 4.57 Å². The maximum absolute atomic E-state index is 5.38. The summed E-state index contributed by atoms with van der Waals surface area (Å²) in [7, 11) is 0. The largest absolute Gasteiger partial charge is 0.309 e. The number of aromatic nitrogens is 2. The monoisotopic (exact) mass is 639 g/mol. The molecule has 0 amide bonds. The normalized spacial score (nSPS) is 12.3. The predicted molar refractivity (Wildman–Crippen MR) is 213 cm³/mol. The minimum absolute atomic E-state index is 0.811. The van der Waals surface area contributed by atoms with E-state index < -0.39 is 0 Å². The number of fused-ring (bicyclic) bond motifs is 6. The number of hydrogen-bond acceptors (Lipinski definition) is 1. The second-order valence-corrected chi connectivity index (χ2v) is 12.5. The van der Waals surface area contributed by atoms with E-state index in [0.29, 0.717) is 0 Å². The van der Waals surface area contributed by atoms with Crippen molar-refractivity contribution in [1.29, 1.82) is 0 Å². The Balaban J connectivity index is 1.35. The molecule has 0 atom stereocenters. The molecular weight excluding hydrogens is 607 g/mol. The summed E-state index contributed by atoms with van der Waals surface area (Å²) in [5, 5.41) is 4.81. The number of benzene rings is 7. The number of aliphatic imine (C=N–C) groups is 1. The van der Waals surface area contributed by atoms with Crippen molar-refractivity contribution in [1.82, 2.24) is 9.13 Å². The second kappa shape index (κ2) is 12.4. The molecule has 0 saturated carbocycles. The zero-order valence-corrected chi connectivity index (χ0v) is 27.4. The number of nitrogens with zero attached hydrogens (tertiary/aromatic N) is 3. The van der Waals surface area contributed by atoms with E-state index in [4.69, 9.17) is 4.99 Å². The maximum atomic E-state index is 5.38. The first-order valence-electron chi connectivity index (χ1n) is 16.9. The first-order valence-corrected chi connectivity index (χ1v) is 16.9. The van der Waals surface area contributed by atoms with Crippen LogP contribution in [0.1, 0.15) is 11.1 Å². The van der Waals surface area contributed by atoms with Crippen LogP contribution in [-0.4, -0.2) is 14.8 Å². The molecule has 236 valence electrons. The summed E-state index contributed by atoms with van der Waals surface area (Å²) in [5.41, 5.74) is 10.9. The first-order chi connectivity index (χ1) is 24.8. The Bertz CT molecular complexity index is 2750. The van der Waals surface area contributed by atoms with Crippen LogP contribution >= 0.6 is 0 Å². The fourth-order valence-electron chi connectivity index (χ4n) is 7.29. The molecule has 0 bridgehead atoms. The molecule has 9 aromatic rings. The molecule has 0 unspecified atom stereocenters. The van der Waals surface area contributed by atoms with Crippen LogP contribution in [0.15, 0.2) is 194 Å². The van der Waals surface area contributed by atoms with E-state index >= 15 is 0 Å². The van der Waals surface area contributed by atoms with E-state index in [9.17, 15) is 0 Å². The molecule has 7 aromatic carbocycles. The van der Waals surface area contributed by atoms with Crippen molar-refractivity contribution in [3.8, 4) is 16.8 Å². The topological polar surface area (TPSA) is 22.2 Å². The zero-order chi connectivity index (χ0) is 33.4. The third kappa shape index (κ3) is 4.96. The van der Waals surface area contributed by atoms with Crippen LogP contribution in [0.3, 0.4) is 0 Å². The van der Waals surface area contributed by atoms with Crippen molar-refractivity contribution < 1.29 is 0 Å². The Kier molecular flexibility index (Phi) is 7.29. The third-order valence-electron chi connectivity index (χ3n) is 9.52. The van der Waals surface area contributed by atoms with Gasteiger partial charge in [0, 0.05) is 38.4 Å². The van der Waals surface area contributed by atoms with Gasteiger partial charge in [0.25, 0.3) is 0 Å². The van der Waals surface area contributed by atoms with Gasteiger partial charge in [0.1, 0.15) is 5.82 Å². The molecule has 2 heterocycles. The van der Waals surface area contributed by atoms with E-state index in [0.717, 1.165) is 50.5 Å². The quantitative estimate of drug-likeness (QED) is 0.155. The third-order valence-corrected chi connectivity index (χ3v) is 9.52. The summed E-state index contributed by atoms with van der Waals surface area (Å²) in [6, 6.07) is 62.2. The van der Waals surface area contributed by atoms with Gasteiger partial charge in [-0.3, -0.25) is 4.57 Å². The first kappa shape index (κ1) is 29.4. The van der Waals surface area contributed by atoms with Crippen LogP contribution < -0.4 is 0 Å². The molecule has 0 fully saturated rings. The van der Waals surface area contributed by atoms with Crippen LogP contribution in [0.2, 0.25) is 0 Å². The maximum Gasteiger partial charge on any atom is 0.138 e. The average Bonchev–Trinajstić information content (AvgIpc) is 3.70. The Morgan fingerprint density at radius 3 is 1.86 bits per heavy atom. The lowest BCUT2D eigenvalue weighted by atomic mass is 10.00.